The quantitative estimate of drug-likeness (QED) is 0.173. The Morgan fingerprint density at radius 3 is 1.39 bits per heavy atom. The fourth-order valence-corrected chi connectivity index (χ4v) is 10.6. The molecule has 13 aromatic rings. The highest BCUT2D eigenvalue weighted by Gasteiger charge is 2.22. The maximum absolute atomic E-state index is 6.52. The van der Waals surface area contributed by atoms with Gasteiger partial charge in [0.2, 0.25) is 0 Å². The number of fused-ring (bicyclic) bond motifs is 12. The van der Waals surface area contributed by atoms with Crippen LogP contribution in [0.2, 0.25) is 0 Å². The predicted molar refractivity (Wildman–Crippen MR) is 266 cm³/mol. The van der Waals surface area contributed by atoms with Crippen LogP contribution in [0.1, 0.15) is 17.7 Å². The van der Waals surface area contributed by atoms with E-state index in [4.69, 9.17) is 8.83 Å². The predicted octanol–water partition coefficient (Wildman–Crippen LogP) is 16.5. The van der Waals surface area contributed by atoms with Crippen LogP contribution >= 0.6 is 0 Å². The Labute approximate surface area is 368 Å². The van der Waals surface area contributed by atoms with Crippen molar-refractivity contribution in [2.75, 3.05) is 0 Å². The van der Waals surface area contributed by atoms with Crippen molar-refractivity contribution in [2.24, 2.45) is 0 Å². The highest BCUT2D eigenvalue weighted by molar-refractivity contribution is 6.12. The smallest absolute Gasteiger partial charge is 0.135 e. The van der Waals surface area contributed by atoms with Gasteiger partial charge in [0.1, 0.15) is 22.5 Å². The molecule has 0 saturated carbocycles. The van der Waals surface area contributed by atoms with E-state index in [2.05, 4.69) is 203 Å². The molecule has 4 heteroatoms. The van der Waals surface area contributed by atoms with E-state index in [1.807, 2.05) is 12.1 Å². The van der Waals surface area contributed by atoms with Crippen LogP contribution in [0.5, 0.6) is 0 Å². The zero-order chi connectivity index (χ0) is 41.9. The molecule has 0 aliphatic heterocycles. The van der Waals surface area contributed by atoms with Crippen molar-refractivity contribution in [3.05, 3.63) is 212 Å². The van der Waals surface area contributed by atoms with E-state index in [0.717, 1.165) is 79.5 Å². The van der Waals surface area contributed by atoms with Crippen molar-refractivity contribution in [3.63, 3.8) is 0 Å². The molecule has 0 amide bonds. The average Bonchev–Trinajstić information content (AvgIpc) is 4.11. The van der Waals surface area contributed by atoms with Gasteiger partial charge in [0, 0.05) is 61.1 Å². The Balaban J connectivity index is 0.885. The molecule has 0 saturated heterocycles. The molecule has 9 aromatic carbocycles. The molecule has 0 atom stereocenters. The summed E-state index contributed by atoms with van der Waals surface area (Å²) in [6.45, 7) is 0. The van der Waals surface area contributed by atoms with E-state index in [9.17, 15) is 0 Å². The van der Waals surface area contributed by atoms with Crippen molar-refractivity contribution in [3.8, 4) is 39.1 Å². The maximum atomic E-state index is 6.52. The lowest BCUT2D eigenvalue weighted by atomic mass is 9.94. The van der Waals surface area contributed by atoms with E-state index in [0.29, 0.717) is 0 Å². The number of hydrogen-bond donors (Lipinski definition) is 0. The fourth-order valence-electron chi connectivity index (χ4n) is 10.6. The van der Waals surface area contributed by atoms with Crippen molar-refractivity contribution in [1.82, 2.24) is 9.13 Å². The Hall–Kier alpha value is -8.34. The first-order chi connectivity index (χ1) is 31.7. The fraction of sp³-hybridized carbons (Fsp3) is 0.0333. The Morgan fingerprint density at radius 2 is 0.766 bits per heavy atom. The summed E-state index contributed by atoms with van der Waals surface area (Å²) in [5.41, 5.74) is 18.1. The van der Waals surface area contributed by atoms with E-state index in [1.165, 1.54) is 66.0 Å². The van der Waals surface area contributed by atoms with Gasteiger partial charge in [-0.1, -0.05) is 127 Å². The minimum atomic E-state index is 0.864. The molecular formula is C60H38N2O2. The molecule has 0 N–H and O–H groups in total. The summed E-state index contributed by atoms with van der Waals surface area (Å²) in [7, 11) is 0. The standard InChI is InChI=1S/C60H38N2O2/c1-6-16-53-45(11-1)46-12-2-7-17-54(46)61(53)43-27-30-60-52(36-43)51-34-39(25-28-59(51)64-60)37-21-23-38(24-22-37)41-31-42(40-26-29-58-50(35-40)49-15-5-10-20-57(49)63-58)33-44(32-41)62-55-18-8-3-13-47(55)48-14-4-9-19-56(48)62/h1-26,28-29,31-36H,27,30H2. The minimum Gasteiger partial charge on any atom is -0.460 e. The van der Waals surface area contributed by atoms with E-state index < -0.39 is 0 Å². The molecule has 1 aliphatic rings. The average molecular weight is 819 g/mol. The third kappa shape index (κ3) is 5.29. The van der Waals surface area contributed by atoms with Crippen molar-refractivity contribution in [1.29, 1.82) is 0 Å². The van der Waals surface area contributed by atoms with Gasteiger partial charge in [0.25, 0.3) is 0 Å². The lowest BCUT2D eigenvalue weighted by Gasteiger charge is -2.16. The number of nitrogens with zero attached hydrogens (tertiary/aromatic N) is 2. The summed E-state index contributed by atoms with van der Waals surface area (Å²) in [5.74, 6) is 1.06. The lowest BCUT2D eigenvalue weighted by Crippen LogP contribution is -2.03. The van der Waals surface area contributed by atoms with Gasteiger partial charge < -0.3 is 18.0 Å². The second-order valence-corrected chi connectivity index (χ2v) is 17.2. The van der Waals surface area contributed by atoms with Gasteiger partial charge in [-0.05, 0) is 119 Å². The van der Waals surface area contributed by atoms with Crippen LogP contribution in [-0.2, 0) is 6.42 Å². The van der Waals surface area contributed by atoms with Gasteiger partial charge >= 0.3 is 0 Å². The molecule has 4 heterocycles. The summed E-state index contributed by atoms with van der Waals surface area (Å²) < 4.78 is 17.6. The van der Waals surface area contributed by atoms with Gasteiger partial charge in [-0.2, -0.15) is 0 Å². The number of aryl methyl sites for hydroxylation is 1. The number of furan rings is 2. The second-order valence-electron chi connectivity index (χ2n) is 17.2. The topological polar surface area (TPSA) is 36.1 Å². The third-order valence-corrected chi connectivity index (χ3v) is 13.6. The summed E-state index contributed by atoms with van der Waals surface area (Å²) in [6, 6.07) is 72.6. The summed E-state index contributed by atoms with van der Waals surface area (Å²) >= 11 is 0. The molecule has 0 radical (unpaired) electrons. The van der Waals surface area contributed by atoms with Crippen LogP contribution in [0, 0.1) is 0 Å². The van der Waals surface area contributed by atoms with Gasteiger partial charge in [-0.25, -0.2) is 0 Å². The Bertz CT molecular complexity index is 3970. The highest BCUT2D eigenvalue weighted by atomic mass is 16.3. The first-order valence-electron chi connectivity index (χ1n) is 22.1. The lowest BCUT2D eigenvalue weighted by molar-refractivity contribution is 0.546. The molecule has 0 spiro atoms. The summed E-state index contributed by atoms with van der Waals surface area (Å²) in [6.07, 6.45) is 4.15. The first-order valence-corrected chi connectivity index (χ1v) is 22.1. The van der Waals surface area contributed by atoms with Crippen molar-refractivity contribution < 1.29 is 8.83 Å². The van der Waals surface area contributed by atoms with E-state index in [1.54, 1.807) is 0 Å². The van der Waals surface area contributed by atoms with Crippen LogP contribution in [0.25, 0.3) is 127 Å². The molecule has 0 fully saturated rings. The monoisotopic (exact) mass is 818 g/mol. The van der Waals surface area contributed by atoms with Crippen molar-refractivity contribution >= 4 is 88.3 Å². The first kappa shape index (κ1) is 35.3. The number of benzene rings is 9. The summed E-state index contributed by atoms with van der Waals surface area (Å²) in [4.78, 5) is 0. The molecule has 4 nitrogen and oxygen atoms in total. The minimum absolute atomic E-state index is 0.864. The molecule has 300 valence electrons. The molecule has 14 rings (SSSR count). The van der Waals surface area contributed by atoms with Gasteiger partial charge in [0.05, 0.1) is 22.1 Å². The van der Waals surface area contributed by atoms with Crippen LogP contribution in [0.4, 0.5) is 0 Å². The zero-order valence-electron chi connectivity index (χ0n) is 34.8. The van der Waals surface area contributed by atoms with Crippen LogP contribution in [0.3, 0.4) is 0 Å². The summed E-state index contributed by atoms with van der Waals surface area (Å²) in [5, 5.41) is 8.46. The molecule has 64 heavy (non-hydrogen) atoms. The zero-order valence-corrected chi connectivity index (χ0v) is 34.8. The van der Waals surface area contributed by atoms with Crippen LogP contribution in [0.15, 0.2) is 209 Å². The normalized spacial score (nSPS) is 13.0. The number of aromatic nitrogens is 2. The molecule has 0 unspecified atom stereocenters. The molecule has 0 bridgehead atoms. The maximum Gasteiger partial charge on any atom is 0.135 e. The van der Waals surface area contributed by atoms with Crippen molar-refractivity contribution in [2.45, 2.75) is 12.8 Å². The van der Waals surface area contributed by atoms with Gasteiger partial charge in [0.15, 0.2) is 0 Å². The largest absolute Gasteiger partial charge is 0.460 e. The molecular weight excluding hydrogens is 781 g/mol. The van der Waals surface area contributed by atoms with E-state index >= 15 is 0 Å². The Kier molecular flexibility index (Phi) is 7.48. The second kappa shape index (κ2) is 13.6. The van der Waals surface area contributed by atoms with Crippen LogP contribution < -0.4 is 0 Å². The number of para-hydroxylation sites is 5. The highest BCUT2D eigenvalue weighted by Crippen LogP contribution is 2.42. The number of hydrogen-bond acceptors (Lipinski definition) is 2. The van der Waals surface area contributed by atoms with Crippen LogP contribution in [-0.4, -0.2) is 9.13 Å². The SMILES string of the molecule is C1=C(n2c3ccccc3c3ccccc32)CCc2oc3ccc(-c4ccc(-c5cc(-c6ccc7oc8ccccc8c7c6)cc(-n6c7ccccc7c7ccccc76)c5)cc4)cc3c21. The van der Waals surface area contributed by atoms with E-state index in [-0.39, 0.29) is 0 Å². The number of rotatable bonds is 5. The molecule has 1 aliphatic carbocycles. The van der Waals surface area contributed by atoms with Gasteiger partial charge in [-0.15, -0.1) is 0 Å². The third-order valence-electron chi connectivity index (χ3n) is 13.6. The van der Waals surface area contributed by atoms with Gasteiger partial charge in [-0.3, -0.25) is 0 Å². The molecule has 4 aromatic heterocycles. The number of allylic oxidation sites excluding steroid dienone is 1. The Morgan fingerprint density at radius 1 is 0.312 bits per heavy atom.